The molecule has 0 saturated carbocycles. The van der Waals surface area contributed by atoms with Crippen molar-refractivity contribution in [1.29, 1.82) is 0 Å². The Kier molecular flexibility index (Phi) is 9.87. The van der Waals surface area contributed by atoms with Gasteiger partial charge in [0.25, 0.3) is 11.8 Å². The number of rotatable bonds is 9. The summed E-state index contributed by atoms with van der Waals surface area (Å²) in [5, 5.41) is 24.0. The van der Waals surface area contributed by atoms with Crippen LogP contribution in [0.25, 0.3) is 0 Å². The quantitative estimate of drug-likeness (QED) is 0.255. The second-order valence-corrected chi connectivity index (χ2v) is 6.28. The summed E-state index contributed by atoms with van der Waals surface area (Å²) in [6, 6.07) is 15.9. The SMILES string of the molecule is C.C[C@@H](O)[C@H](NC(=O)c1ccc(CNCCc2ccccc2)cc1)C(=O)NO. The van der Waals surface area contributed by atoms with E-state index in [1.165, 1.54) is 18.0 Å². The minimum Gasteiger partial charge on any atom is -0.391 e. The summed E-state index contributed by atoms with van der Waals surface area (Å²) in [5.74, 6) is -1.38. The maximum Gasteiger partial charge on any atom is 0.268 e. The van der Waals surface area contributed by atoms with E-state index in [0.717, 1.165) is 18.5 Å². The van der Waals surface area contributed by atoms with Crippen LogP contribution in [0.15, 0.2) is 54.6 Å². The number of hydroxylamine groups is 1. The summed E-state index contributed by atoms with van der Waals surface area (Å²) in [7, 11) is 0. The highest BCUT2D eigenvalue weighted by Gasteiger charge is 2.25. The van der Waals surface area contributed by atoms with Crippen molar-refractivity contribution in [3.05, 3.63) is 71.3 Å². The molecule has 28 heavy (non-hydrogen) atoms. The van der Waals surface area contributed by atoms with Gasteiger partial charge in [-0.1, -0.05) is 49.9 Å². The lowest BCUT2D eigenvalue weighted by Crippen LogP contribution is -2.51. The number of hydrogen-bond donors (Lipinski definition) is 5. The zero-order valence-corrected chi connectivity index (χ0v) is 15.2. The van der Waals surface area contributed by atoms with Gasteiger partial charge in [0.2, 0.25) is 0 Å². The number of benzene rings is 2. The molecule has 2 atom stereocenters. The van der Waals surface area contributed by atoms with Crippen molar-refractivity contribution in [3.63, 3.8) is 0 Å². The molecule has 0 aromatic heterocycles. The first-order valence-electron chi connectivity index (χ1n) is 8.77. The number of carbonyl (C=O) groups is 2. The van der Waals surface area contributed by atoms with E-state index in [-0.39, 0.29) is 7.43 Å². The van der Waals surface area contributed by atoms with Gasteiger partial charge in [-0.05, 0) is 43.1 Å². The lowest BCUT2D eigenvalue weighted by atomic mass is 10.1. The fourth-order valence-corrected chi connectivity index (χ4v) is 2.58. The Morgan fingerprint density at radius 2 is 1.64 bits per heavy atom. The molecule has 0 saturated heterocycles. The van der Waals surface area contributed by atoms with Gasteiger partial charge in [-0.15, -0.1) is 0 Å². The molecule has 2 aromatic carbocycles. The van der Waals surface area contributed by atoms with Crippen LogP contribution in [0.3, 0.4) is 0 Å². The van der Waals surface area contributed by atoms with Crippen molar-refractivity contribution < 1.29 is 19.9 Å². The molecule has 0 aliphatic rings. The van der Waals surface area contributed by atoms with Crippen molar-refractivity contribution in [3.8, 4) is 0 Å². The highest BCUT2D eigenvalue weighted by molar-refractivity contribution is 5.97. The number of aliphatic hydroxyl groups excluding tert-OH is 1. The van der Waals surface area contributed by atoms with Crippen LogP contribution in [0, 0.1) is 0 Å². The van der Waals surface area contributed by atoms with Crippen molar-refractivity contribution in [2.24, 2.45) is 0 Å². The fourth-order valence-electron chi connectivity index (χ4n) is 2.58. The summed E-state index contributed by atoms with van der Waals surface area (Å²) in [6.07, 6.45) is -0.205. The summed E-state index contributed by atoms with van der Waals surface area (Å²) in [4.78, 5) is 23.7. The summed E-state index contributed by atoms with van der Waals surface area (Å²) in [5.41, 5.74) is 4.09. The Bertz CT molecular complexity index is 733. The molecule has 0 aliphatic carbocycles. The Balaban J connectivity index is 0.00000392. The first-order chi connectivity index (χ1) is 13.0. The van der Waals surface area contributed by atoms with E-state index in [0.29, 0.717) is 12.1 Å². The zero-order valence-electron chi connectivity index (χ0n) is 15.2. The predicted molar refractivity (Wildman–Crippen MR) is 108 cm³/mol. The van der Waals surface area contributed by atoms with Gasteiger partial charge in [-0.2, -0.15) is 0 Å². The van der Waals surface area contributed by atoms with E-state index < -0.39 is 24.0 Å². The Hall–Kier alpha value is -2.74. The van der Waals surface area contributed by atoms with Crippen molar-refractivity contribution in [2.75, 3.05) is 6.54 Å². The third-order valence-corrected chi connectivity index (χ3v) is 4.14. The third kappa shape index (κ3) is 7.11. The van der Waals surface area contributed by atoms with E-state index in [9.17, 15) is 14.7 Å². The molecule has 152 valence electrons. The van der Waals surface area contributed by atoms with Crippen LogP contribution >= 0.6 is 0 Å². The highest BCUT2D eigenvalue weighted by Crippen LogP contribution is 2.06. The second kappa shape index (κ2) is 11.9. The molecule has 0 spiro atoms. The molecule has 2 rings (SSSR count). The van der Waals surface area contributed by atoms with Crippen LogP contribution in [-0.4, -0.2) is 40.8 Å². The number of hydrogen-bond acceptors (Lipinski definition) is 5. The molecular weight excluding hydrogens is 358 g/mol. The standard InChI is InChI=1S/C20H25N3O4.CH4/c1-14(24)18(20(26)23-27)22-19(25)17-9-7-16(8-10-17)13-21-12-11-15-5-3-2-4-6-15;/h2-10,14,18,21,24,27H,11-13H2,1H3,(H,22,25)(H,23,26);1H4/t14-,18+;/m1./s1. The van der Waals surface area contributed by atoms with Gasteiger partial charge in [-0.3, -0.25) is 14.8 Å². The monoisotopic (exact) mass is 387 g/mol. The van der Waals surface area contributed by atoms with Gasteiger partial charge in [0.1, 0.15) is 6.04 Å². The maximum absolute atomic E-state index is 12.2. The summed E-state index contributed by atoms with van der Waals surface area (Å²) >= 11 is 0. The normalized spacial score (nSPS) is 12.4. The first-order valence-corrected chi connectivity index (χ1v) is 8.77. The van der Waals surface area contributed by atoms with Gasteiger partial charge >= 0.3 is 0 Å². The van der Waals surface area contributed by atoms with Crippen LogP contribution in [0.1, 0.15) is 35.8 Å². The van der Waals surface area contributed by atoms with Crippen molar-refractivity contribution in [2.45, 2.75) is 39.5 Å². The van der Waals surface area contributed by atoms with Crippen LogP contribution in [0.5, 0.6) is 0 Å². The van der Waals surface area contributed by atoms with E-state index >= 15 is 0 Å². The molecule has 0 fully saturated rings. The molecule has 7 heteroatoms. The first kappa shape index (κ1) is 23.3. The van der Waals surface area contributed by atoms with Gasteiger partial charge in [0, 0.05) is 12.1 Å². The lowest BCUT2D eigenvalue weighted by Gasteiger charge is -2.19. The van der Waals surface area contributed by atoms with E-state index in [1.807, 2.05) is 30.3 Å². The molecule has 2 amide bonds. The molecule has 5 N–H and O–H groups in total. The predicted octanol–water partition coefficient (Wildman–Crippen LogP) is 1.64. The Morgan fingerprint density at radius 3 is 2.21 bits per heavy atom. The summed E-state index contributed by atoms with van der Waals surface area (Å²) in [6.45, 7) is 2.88. The second-order valence-electron chi connectivity index (χ2n) is 6.28. The molecule has 7 nitrogen and oxygen atoms in total. The van der Waals surface area contributed by atoms with Gasteiger partial charge in [-0.25, -0.2) is 5.48 Å². The minimum atomic E-state index is -1.23. The summed E-state index contributed by atoms with van der Waals surface area (Å²) < 4.78 is 0. The average molecular weight is 387 g/mol. The van der Waals surface area contributed by atoms with Crippen LogP contribution < -0.4 is 16.1 Å². The molecule has 0 aliphatic heterocycles. The number of aliphatic hydroxyl groups is 1. The van der Waals surface area contributed by atoms with Gasteiger partial charge in [0.05, 0.1) is 6.10 Å². The van der Waals surface area contributed by atoms with Crippen LogP contribution in [0.4, 0.5) is 0 Å². The van der Waals surface area contributed by atoms with Crippen LogP contribution in [0.2, 0.25) is 0 Å². The molecule has 0 heterocycles. The lowest BCUT2D eigenvalue weighted by molar-refractivity contribution is -0.133. The topological polar surface area (TPSA) is 111 Å². The smallest absolute Gasteiger partial charge is 0.268 e. The Morgan fingerprint density at radius 1 is 1.00 bits per heavy atom. The van der Waals surface area contributed by atoms with Crippen molar-refractivity contribution in [1.82, 2.24) is 16.1 Å². The highest BCUT2D eigenvalue weighted by atomic mass is 16.5. The average Bonchev–Trinajstić information content (AvgIpc) is 2.69. The molecule has 0 bridgehead atoms. The molecule has 0 radical (unpaired) electrons. The van der Waals surface area contributed by atoms with Crippen LogP contribution in [-0.2, 0) is 17.8 Å². The zero-order chi connectivity index (χ0) is 19.6. The largest absolute Gasteiger partial charge is 0.391 e. The van der Waals surface area contributed by atoms with Crippen molar-refractivity contribution >= 4 is 11.8 Å². The molecule has 2 aromatic rings. The number of carbonyl (C=O) groups excluding carboxylic acids is 2. The Labute approximate surface area is 165 Å². The molecule has 0 unspecified atom stereocenters. The van der Waals surface area contributed by atoms with Gasteiger partial charge < -0.3 is 15.7 Å². The molecular formula is C21H29N3O4. The number of amides is 2. The van der Waals surface area contributed by atoms with E-state index in [1.54, 1.807) is 12.1 Å². The fraction of sp³-hybridized carbons (Fsp3) is 0.333. The maximum atomic E-state index is 12.2. The minimum absolute atomic E-state index is 0. The van der Waals surface area contributed by atoms with E-state index in [4.69, 9.17) is 5.21 Å². The van der Waals surface area contributed by atoms with Gasteiger partial charge in [0.15, 0.2) is 0 Å². The number of nitrogens with one attached hydrogen (secondary N) is 3. The third-order valence-electron chi connectivity index (χ3n) is 4.14. The van der Waals surface area contributed by atoms with E-state index in [2.05, 4.69) is 22.8 Å².